The number of aliphatic hydroxyl groups is 1. The lowest BCUT2D eigenvalue weighted by molar-refractivity contribution is 0.0652. The molecule has 0 heterocycles. The van der Waals surface area contributed by atoms with E-state index in [1.807, 2.05) is 24.3 Å². The molecule has 0 aliphatic carbocycles. The zero-order chi connectivity index (χ0) is 14.4. The SMILES string of the molecule is CCC(C)CN(C)C(C)C(O)c1ccc(OC)cc1. The Morgan fingerprint density at radius 3 is 2.26 bits per heavy atom. The number of methoxy groups -OCH3 is 1. The number of ether oxygens (including phenoxy) is 1. The summed E-state index contributed by atoms with van der Waals surface area (Å²) in [5, 5.41) is 10.4. The van der Waals surface area contributed by atoms with E-state index in [-0.39, 0.29) is 6.04 Å². The Morgan fingerprint density at radius 1 is 1.21 bits per heavy atom. The van der Waals surface area contributed by atoms with Crippen LogP contribution in [0.1, 0.15) is 38.9 Å². The molecule has 3 unspecified atom stereocenters. The Morgan fingerprint density at radius 2 is 1.79 bits per heavy atom. The second kappa shape index (κ2) is 7.51. The lowest BCUT2D eigenvalue weighted by Crippen LogP contribution is -2.37. The minimum Gasteiger partial charge on any atom is -0.497 e. The van der Waals surface area contributed by atoms with Crippen LogP contribution in [0, 0.1) is 5.92 Å². The predicted molar refractivity (Wildman–Crippen MR) is 79.5 cm³/mol. The van der Waals surface area contributed by atoms with E-state index in [2.05, 4.69) is 32.7 Å². The van der Waals surface area contributed by atoms with Crippen molar-refractivity contribution in [3.8, 4) is 5.75 Å². The number of nitrogens with zero attached hydrogens (tertiary/aromatic N) is 1. The number of aliphatic hydroxyl groups excluding tert-OH is 1. The summed E-state index contributed by atoms with van der Waals surface area (Å²) in [4.78, 5) is 2.23. The second-order valence-electron chi connectivity index (χ2n) is 5.41. The summed E-state index contributed by atoms with van der Waals surface area (Å²) in [5.74, 6) is 1.46. The molecule has 0 spiro atoms. The molecule has 0 aromatic heterocycles. The van der Waals surface area contributed by atoms with Gasteiger partial charge in [0.2, 0.25) is 0 Å². The minimum absolute atomic E-state index is 0.0994. The van der Waals surface area contributed by atoms with Crippen LogP contribution in [-0.2, 0) is 0 Å². The smallest absolute Gasteiger partial charge is 0.118 e. The maximum atomic E-state index is 10.4. The first-order valence-electron chi connectivity index (χ1n) is 7.01. The highest BCUT2D eigenvalue weighted by molar-refractivity contribution is 5.29. The van der Waals surface area contributed by atoms with Gasteiger partial charge in [-0.3, -0.25) is 0 Å². The van der Waals surface area contributed by atoms with E-state index in [1.165, 1.54) is 0 Å². The highest BCUT2D eigenvalue weighted by atomic mass is 16.5. The van der Waals surface area contributed by atoms with Crippen molar-refractivity contribution in [2.24, 2.45) is 5.92 Å². The van der Waals surface area contributed by atoms with Crippen molar-refractivity contribution in [3.63, 3.8) is 0 Å². The number of rotatable bonds is 7. The number of benzene rings is 1. The summed E-state index contributed by atoms with van der Waals surface area (Å²) in [6, 6.07) is 7.73. The average molecular weight is 265 g/mol. The topological polar surface area (TPSA) is 32.7 Å². The van der Waals surface area contributed by atoms with Crippen molar-refractivity contribution in [3.05, 3.63) is 29.8 Å². The monoisotopic (exact) mass is 265 g/mol. The van der Waals surface area contributed by atoms with Gasteiger partial charge < -0.3 is 14.7 Å². The molecule has 1 rings (SSSR count). The molecule has 3 nitrogen and oxygen atoms in total. The molecule has 1 N–H and O–H groups in total. The van der Waals surface area contributed by atoms with Gasteiger partial charge in [-0.2, -0.15) is 0 Å². The molecule has 108 valence electrons. The van der Waals surface area contributed by atoms with E-state index in [0.29, 0.717) is 5.92 Å². The highest BCUT2D eigenvalue weighted by Gasteiger charge is 2.21. The maximum Gasteiger partial charge on any atom is 0.118 e. The van der Waals surface area contributed by atoms with E-state index >= 15 is 0 Å². The van der Waals surface area contributed by atoms with Crippen LogP contribution in [0.2, 0.25) is 0 Å². The van der Waals surface area contributed by atoms with Crippen LogP contribution in [0.15, 0.2) is 24.3 Å². The van der Waals surface area contributed by atoms with E-state index in [0.717, 1.165) is 24.3 Å². The first kappa shape index (κ1) is 16.0. The Balaban J connectivity index is 2.66. The Hall–Kier alpha value is -1.06. The van der Waals surface area contributed by atoms with Gasteiger partial charge in [-0.15, -0.1) is 0 Å². The Kier molecular flexibility index (Phi) is 6.32. The molecule has 19 heavy (non-hydrogen) atoms. The molecule has 0 aliphatic rings. The molecule has 0 radical (unpaired) electrons. The number of hydrogen-bond acceptors (Lipinski definition) is 3. The lowest BCUT2D eigenvalue weighted by atomic mass is 10.0. The van der Waals surface area contributed by atoms with Gasteiger partial charge in [0, 0.05) is 12.6 Å². The third-order valence-corrected chi connectivity index (χ3v) is 3.91. The van der Waals surface area contributed by atoms with Crippen molar-refractivity contribution in [2.45, 2.75) is 39.3 Å². The zero-order valence-corrected chi connectivity index (χ0v) is 12.8. The van der Waals surface area contributed by atoms with Gasteiger partial charge in [-0.05, 0) is 37.6 Å². The molecular weight excluding hydrogens is 238 g/mol. The molecule has 1 aromatic rings. The average Bonchev–Trinajstić information content (AvgIpc) is 2.45. The molecular formula is C16H27NO2. The zero-order valence-electron chi connectivity index (χ0n) is 12.8. The van der Waals surface area contributed by atoms with Crippen molar-refractivity contribution in [2.75, 3.05) is 20.7 Å². The van der Waals surface area contributed by atoms with Gasteiger partial charge in [0.25, 0.3) is 0 Å². The molecule has 0 amide bonds. The Labute approximate surface area is 117 Å². The quantitative estimate of drug-likeness (QED) is 0.822. The summed E-state index contributed by atoms with van der Waals surface area (Å²) in [5.41, 5.74) is 0.935. The van der Waals surface area contributed by atoms with Crippen LogP contribution in [0.3, 0.4) is 0 Å². The van der Waals surface area contributed by atoms with Crippen molar-refractivity contribution in [1.82, 2.24) is 4.90 Å². The lowest BCUT2D eigenvalue weighted by Gasteiger charge is -2.31. The third kappa shape index (κ3) is 4.51. The van der Waals surface area contributed by atoms with E-state index in [4.69, 9.17) is 4.74 Å². The van der Waals surface area contributed by atoms with Crippen LogP contribution >= 0.6 is 0 Å². The Bertz CT molecular complexity index is 364. The third-order valence-electron chi connectivity index (χ3n) is 3.91. The molecule has 1 aromatic carbocycles. The van der Waals surface area contributed by atoms with Gasteiger partial charge in [0.05, 0.1) is 13.2 Å². The molecule has 3 atom stereocenters. The minimum atomic E-state index is -0.472. The fourth-order valence-corrected chi connectivity index (χ4v) is 2.11. The van der Waals surface area contributed by atoms with Gasteiger partial charge in [-0.25, -0.2) is 0 Å². The van der Waals surface area contributed by atoms with Crippen LogP contribution in [0.5, 0.6) is 5.75 Å². The molecule has 0 fully saturated rings. The molecule has 0 saturated heterocycles. The summed E-state index contributed by atoms with van der Waals surface area (Å²) in [6.45, 7) is 7.51. The summed E-state index contributed by atoms with van der Waals surface area (Å²) in [7, 11) is 3.72. The summed E-state index contributed by atoms with van der Waals surface area (Å²) >= 11 is 0. The predicted octanol–water partition coefficient (Wildman–Crippen LogP) is 3.10. The van der Waals surface area contributed by atoms with Crippen molar-refractivity contribution < 1.29 is 9.84 Å². The summed E-state index contributed by atoms with van der Waals surface area (Å²) in [6.07, 6.45) is 0.690. The summed E-state index contributed by atoms with van der Waals surface area (Å²) < 4.78 is 5.13. The molecule has 0 saturated carbocycles. The first-order chi connectivity index (χ1) is 8.99. The number of hydrogen-bond donors (Lipinski definition) is 1. The molecule has 0 aliphatic heterocycles. The first-order valence-corrected chi connectivity index (χ1v) is 7.01. The van der Waals surface area contributed by atoms with Crippen molar-refractivity contribution in [1.29, 1.82) is 0 Å². The van der Waals surface area contributed by atoms with Crippen LogP contribution in [-0.4, -0.2) is 36.8 Å². The normalized spacial score (nSPS) is 16.2. The van der Waals surface area contributed by atoms with E-state index in [9.17, 15) is 5.11 Å². The largest absolute Gasteiger partial charge is 0.497 e. The number of likely N-dealkylation sites (N-methyl/N-ethyl adjacent to an activating group) is 1. The maximum absolute atomic E-state index is 10.4. The second-order valence-corrected chi connectivity index (χ2v) is 5.41. The highest BCUT2D eigenvalue weighted by Crippen LogP contribution is 2.23. The van der Waals surface area contributed by atoms with Crippen LogP contribution in [0.25, 0.3) is 0 Å². The van der Waals surface area contributed by atoms with Gasteiger partial charge in [-0.1, -0.05) is 32.4 Å². The molecule has 0 bridgehead atoms. The standard InChI is InChI=1S/C16H27NO2/c1-6-12(2)11-17(4)13(3)16(18)14-7-9-15(19-5)10-8-14/h7-10,12-13,16,18H,6,11H2,1-5H3. The van der Waals surface area contributed by atoms with Gasteiger partial charge in [0.1, 0.15) is 5.75 Å². The van der Waals surface area contributed by atoms with Crippen molar-refractivity contribution >= 4 is 0 Å². The van der Waals surface area contributed by atoms with E-state index < -0.39 is 6.10 Å². The van der Waals surface area contributed by atoms with E-state index in [1.54, 1.807) is 7.11 Å². The fourth-order valence-electron chi connectivity index (χ4n) is 2.11. The van der Waals surface area contributed by atoms with Gasteiger partial charge >= 0.3 is 0 Å². The molecule has 3 heteroatoms. The van der Waals surface area contributed by atoms with Crippen LogP contribution in [0.4, 0.5) is 0 Å². The fraction of sp³-hybridized carbons (Fsp3) is 0.625. The van der Waals surface area contributed by atoms with Gasteiger partial charge in [0.15, 0.2) is 0 Å². The van der Waals surface area contributed by atoms with Crippen LogP contribution < -0.4 is 4.74 Å².